The quantitative estimate of drug-likeness (QED) is 0.582. The van der Waals surface area contributed by atoms with Crippen molar-refractivity contribution < 1.29 is 23.5 Å². The average molecular weight is 491 g/mol. The molecule has 0 fully saturated rings. The Morgan fingerprint density at radius 2 is 1.97 bits per heavy atom. The van der Waals surface area contributed by atoms with Gasteiger partial charge in [0.05, 0.1) is 23.0 Å². The molecule has 0 unspecified atom stereocenters. The molecule has 0 bridgehead atoms. The molecule has 0 radical (unpaired) electrons. The standard InChI is InChI=1S/C22H21ClF2N6O3/c1-22(10-16(32)30(4)19(28-22)27-21(33)34)12-6-7-13(24)18(17(12)25)31-15-9-11(23)5-8-14(15)26-20(31)29(2)3/h5-9H,10H2,1-4H3,(H,27,28)(H,33,34)/t22-/m0/s1. The summed E-state index contributed by atoms with van der Waals surface area (Å²) in [6.07, 6.45) is -1.69. The van der Waals surface area contributed by atoms with Crippen LogP contribution in [-0.2, 0) is 10.3 Å². The molecule has 0 aliphatic carbocycles. The lowest BCUT2D eigenvalue weighted by Gasteiger charge is -2.35. The average Bonchev–Trinajstić information content (AvgIpc) is 3.10. The van der Waals surface area contributed by atoms with E-state index in [1.54, 1.807) is 37.2 Å². The second-order valence-electron chi connectivity index (χ2n) is 8.30. The highest BCUT2D eigenvalue weighted by Gasteiger charge is 2.40. The largest absolute Gasteiger partial charge is 0.465 e. The Hall–Kier alpha value is -3.73. The van der Waals surface area contributed by atoms with Crippen LogP contribution in [0.1, 0.15) is 18.9 Å². The number of carboxylic acid groups (broad SMARTS) is 1. The molecule has 1 atom stereocenters. The lowest BCUT2D eigenvalue weighted by atomic mass is 9.86. The fraction of sp³-hybridized carbons (Fsp3) is 0.273. The minimum atomic E-state index is -1.50. The molecule has 1 aliphatic heterocycles. The predicted molar refractivity (Wildman–Crippen MR) is 124 cm³/mol. The molecule has 34 heavy (non-hydrogen) atoms. The van der Waals surface area contributed by atoms with Crippen molar-refractivity contribution >= 4 is 46.5 Å². The van der Waals surface area contributed by atoms with Gasteiger partial charge in [-0.1, -0.05) is 17.7 Å². The minimum absolute atomic E-state index is 0.0800. The highest BCUT2D eigenvalue weighted by atomic mass is 35.5. The van der Waals surface area contributed by atoms with Gasteiger partial charge in [0, 0.05) is 31.7 Å². The lowest BCUT2D eigenvalue weighted by Crippen LogP contribution is -2.51. The van der Waals surface area contributed by atoms with E-state index in [4.69, 9.17) is 16.7 Å². The molecule has 2 aromatic carbocycles. The summed E-state index contributed by atoms with van der Waals surface area (Å²) >= 11 is 6.15. The number of rotatable bonds is 3. The summed E-state index contributed by atoms with van der Waals surface area (Å²) in [5.74, 6) is -2.31. The smallest absolute Gasteiger partial charge is 0.411 e. The molecule has 0 spiro atoms. The van der Waals surface area contributed by atoms with Crippen molar-refractivity contribution in [2.24, 2.45) is 4.99 Å². The van der Waals surface area contributed by atoms with Crippen molar-refractivity contribution in [2.45, 2.75) is 18.9 Å². The number of amides is 2. The van der Waals surface area contributed by atoms with Gasteiger partial charge in [-0.2, -0.15) is 0 Å². The summed E-state index contributed by atoms with van der Waals surface area (Å²) < 4.78 is 32.7. The van der Waals surface area contributed by atoms with Crippen LogP contribution in [0.3, 0.4) is 0 Å². The van der Waals surface area contributed by atoms with E-state index in [9.17, 15) is 9.59 Å². The van der Waals surface area contributed by atoms with Gasteiger partial charge in [-0.15, -0.1) is 0 Å². The van der Waals surface area contributed by atoms with E-state index in [-0.39, 0.29) is 23.9 Å². The van der Waals surface area contributed by atoms with Crippen LogP contribution >= 0.6 is 11.6 Å². The molecule has 12 heteroatoms. The maximum Gasteiger partial charge on any atom is 0.411 e. The van der Waals surface area contributed by atoms with Crippen LogP contribution in [0.15, 0.2) is 35.3 Å². The maximum atomic E-state index is 16.1. The molecular formula is C22H21ClF2N6O3. The summed E-state index contributed by atoms with van der Waals surface area (Å²) in [6.45, 7) is 1.48. The van der Waals surface area contributed by atoms with E-state index in [1.807, 2.05) is 0 Å². The first-order valence-corrected chi connectivity index (χ1v) is 10.5. The number of hydrogen-bond acceptors (Lipinski definition) is 5. The van der Waals surface area contributed by atoms with Crippen molar-refractivity contribution in [3.05, 3.63) is 52.6 Å². The number of anilines is 1. The summed E-state index contributed by atoms with van der Waals surface area (Å²) in [5, 5.41) is 11.5. The van der Waals surface area contributed by atoms with Gasteiger partial charge < -0.3 is 10.0 Å². The first kappa shape index (κ1) is 23.4. The van der Waals surface area contributed by atoms with Crippen molar-refractivity contribution in [3.63, 3.8) is 0 Å². The normalized spacial score (nSPS) is 18.3. The second kappa shape index (κ2) is 8.24. The fourth-order valence-corrected chi connectivity index (χ4v) is 4.13. The van der Waals surface area contributed by atoms with Crippen LogP contribution in [0.4, 0.5) is 19.5 Å². The van der Waals surface area contributed by atoms with E-state index in [0.717, 1.165) is 11.0 Å². The Morgan fingerprint density at radius 3 is 2.62 bits per heavy atom. The zero-order valence-corrected chi connectivity index (χ0v) is 19.5. The van der Waals surface area contributed by atoms with Gasteiger partial charge in [0.15, 0.2) is 5.82 Å². The van der Waals surface area contributed by atoms with E-state index >= 15 is 8.78 Å². The molecule has 2 N–H and O–H groups in total. The Bertz CT molecular complexity index is 1370. The number of benzene rings is 2. The lowest BCUT2D eigenvalue weighted by molar-refractivity contribution is -0.128. The molecular weight excluding hydrogens is 470 g/mol. The van der Waals surface area contributed by atoms with E-state index in [0.29, 0.717) is 16.1 Å². The number of aromatic nitrogens is 2. The maximum absolute atomic E-state index is 16.1. The van der Waals surface area contributed by atoms with E-state index < -0.39 is 34.9 Å². The van der Waals surface area contributed by atoms with Crippen molar-refractivity contribution in [3.8, 4) is 5.69 Å². The number of carbonyl (C=O) groups is 2. The van der Waals surface area contributed by atoms with Crippen LogP contribution in [0.2, 0.25) is 5.02 Å². The fourth-order valence-electron chi connectivity index (χ4n) is 3.96. The Labute approximate surface area is 198 Å². The summed E-state index contributed by atoms with van der Waals surface area (Å²) in [6, 6.07) is 7.11. The van der Waals surface area contributed by atoms with Crippen molar-refractivity contribution in [1.29, 1.82) is 0 Å². The van der Waals surface area contributed by atoms with Crippen molar-refractivity contribution in [1.82, 2.24) is 19.8 Å². The first-order chi connectivity index (χ1) is 15.9. The Balaban J connectivity index is 1.99. The van der Waals surface area contributed by atoms with Gasteiger partial charge >= 0.3 is 6.09 Å². The first-order valence-electron chi connectivity index (χ1n) is 10.1. The number of hydrogen-bond donors (Lipinski definition) is 2. The van der Waals surface area contributed by atoms with Crippen LogP contribution in [0.5, 0.6) is 0 Å². The van der Waals surface area contributed by atoms with Crippen LogP contribution in [0, 0.1) is 11.6 Å². The van der Waals surface area contributed by atoms with E-state index in [1.165, 1.54) is 24.6 Å². The SMILES string of the molecule is CN1C(=O)C[C@@](C)(c2ccc(F)c(-n3c(N(C)C)nc4ccc(Cl)cc43)c2F)N=C1NC(=O)O. The molecule has 4 rings (SSSR count). The monoisotopic (exact) mass is 490 g/mol. The molecule has 2 heterocycles. The summed E-state index contributed by atoms with van der Waals surface area (Å²) in [5.41, 5.74) is -1.14. The Kier molecular flexibility index (Phi) is 5.68. The second-order valence-corrected chi connectivity index (χ2v) is 8.74. The molecule has 0 saturated heterocycles. The zero-order chi connectivity index (χ0) is 24.9. The highest BCUT2D eigenvalue weighted by Crippen LogP contribution is 2.39. The number of nitrogens with one attached hydrogen (secondary N) is 1. The molecule has 3 aromatic rings. The van der Waals surface area contributed by atoms with Crippen LogP contribution < -0.4 is 10.2 Å². The molecule has 178 valence electrons. The number of fused-ring (bicyclic) bond motifs is 1. The topological polar surface area (TPSA) is 103 Å². The van der Waals surface area contributed by atoms with Gasteiger partial charge in [-0.25, -0.2) is 23.6 Å². The number of aliphatic imine (C=N–C) groups is 1. The third-order valence-corrected chi connectivity index (χ3v) is 5.86. The van der Waals surface area contributed by atoms with Gasteiger partial charge in [-0.3, -0.25) is 19.6 Å². The molecule has 2 amide bonds. The number of halogens is 3. The Morgan fingerprint density at radius 1 is 1.26 bits per heavy atom. The highest BCUT2D eigenvalue weighted by molar-refractivity contribution is 6.31. The van der Waals surface area contributed by atoms with Gasteiger partial charge in [-0.05, 0) is 31.2 Å². The molecule has 0 saturated carbocycles. The van der Waals surface area contributed by atoms with Gasteiger partial charge in [0.1, 0.15) is 11.5 Å². The van der Waals surface area contributed by atoms with E-state index in [2.05, 4.69) is 15.3 Å². The number of imidazole rings is 1. The summed E-state index contributed by atoms with van der Waals surface area (Å²) in [4.78, 5) is 35.2. The van der Waals surface area contributed by atoms with Crippen molar-refractivity contribution in [2.75, 3.05) is 26.0 Å². The molecule has 1 aromatic heterocycles. The van der Waals surface area contributed by atoms with Gasteiger partial charge in [0.2, 0.25) is 17.8 Å². The predicted octanol–water partition coefficient (Wildman–Crippen LogP) is 3.72. The number of nitrogens with zero attached hydrogens (tertiary/aromatic N) is 5. The third kappa shape index (κ3) is 3.81. The summed E-state index contributed by atoms with van der Waals surface area (Å²) in [7, 11) is 4.72. The van der Waals surface area contributed by atoms with Crippen LogP contribution in [0.25, 0.3) is 16.7 Å². The molecule has 1 aliphatic rings. The zero-order valence-electron chi connectivity index (χ0n) is 18.7. The number of carbonyl (C=O) groups excluding carboxylic acids is 1. The third-order valence-electron chi connectivity index (χ3n) is 5.63. The number of guanidine groups is 1. The van der Waals surface area contributed by atoms with Crippen LogP contribution in [-0.4, -0.2) is 58.7 Å². The molecule has 9 nitrogen and oxygen atoms in total. The van der Waals surface area contributed by atoms with Gasteiger partial charge in [0.25, 0.3) is 0 Å². The minimum Gasteiger partial charge on any atom is -0.465 e.